The number of carbonyl (C=O) groups excluding carboxylic acids is 1. The van der Waals surface area contributed by atoms with Crippen molar-refractivity contribution in [1.82, 2.24) is 14.7 Å². The summed E-state index contributed by atoms with van der Waals surface area (Å²) in [5, 5.41) is 16.4. The summed E-state index contributed by atoms with van der Waals surface area (Å²) in [6.45, 7) is 2.02. The Morgan fingerprint density at radius 1 is 1.23 bits per heavy atom. The lowest BCUT2D eigenvalue weighted by molar-refractivity contribution is 0.184. The quantitative estimate of drug-likeness (QED) is 0.677. The summed E-state index contributed by atoms with van der Waals surface area (Å²) in [6.07, 6.45) is 0.310. The number of hydrogen-bond acceptors (Lipinski definition) is 5. The number of nitrogens with zero attached hydrogens (tertiary/aromatic N) is 4. The molecule has 0 spiro atoms. The zero-order valence-corrected chi connectivity index (χ0v) is 16.5. The van der Waals surface area contributed by atoms with Gasteiger partial charge in [0.15, 0.2) is 17.5 Å². The second-order valence-electron chi connectivity index (χ2n) is 7.19. The van der Waals surface area contributed by atoms with Crippen LogP contribution >= 0.6 is 0 Å². The SMILES string of the molecule is CC1C(O)CS(=O)(=O)N1c1cnn2c1CN(C(=O)Nc1cc(F)c(F)c(F)c1)CC2. The molecule has 0 saturated carbocycles. The molecule has 2 aromatic rings. The minimum absolute atomic E-state index is 0.0256. The summed E-state index contributed by atoms with van der Waals surface area (Å²) < 4.78 is 67.4. The first kappa shape index (κ1) is 20.5. The van der Waals surface area contributed by atoms with Gasteiger partial charge in [-0.05, 0) is 6.92 Å². The number of carbonyl (C=O) groups is 1. The predicted molar refractivity (Wildman–Crippen MR) is 99.7 cm³/mol. The maximum atomic E-state index is 13.4. The molecule has 30 heavy (non-hydrogen) atoms. The summed E-state index contributed by atoms with van der Waals surface area (Å²) in [6, 6.07) is -0.0690. The van der Waals surface area contributed by atoms with Gasteiger partial charge >= 0.3 is 6.03 Å². The maximum Gasteiger partial charge on any atom is 0.322 e. The molecule has 2 aliphatic rings. The van der Waals surface area contributed by atoms with Crippen LogP contribution in [-0.2, 0) is 23.1 Å². The van der Waals surface area contributed by atoms with Gasteiger partial charge in [-0.15, -0.1) is 0 Å². The molecule has 13 heteroatoms. The van der Waals surface area contributed by atoms with Crippen LogP contribution in [0.1, 0.15) is 12.6 Å². The van der Waals surface area contributed by atoms with E-state index in [0.717, 1.165) is 4.31 Å². The van der Waals surface area contributed by atoms with Crippen LogP contribution in [0.3, 0.4) is 0 Å². The summed E-state index contributed by atoms with van der Waals surface area (Å²) in [4.78, 5) is 13.9. The van der Waals surface area contributed by atoms with Crippen LogP contribution in [0.25, 0.3) is 0 Å². The lowest BCUT2D eigenvalue weighted by Gasteiger charge is -2.30. The van der Waals surface area contributed by atoms with Crippen LogP contribution in [0.4, 0.5) is 29.3 Å². The highest BCUT2D eigenvalue weighted by atomic mass is 32.2. The molecule has 2 unspecified atom stereocenters. The van der Waals surface area contributed by atoms with Crippen molar-refractivity contribution in [3.8, 4) is 0 Å². The van der Waals surface area contributed by atoms with E-state index in [2.05, 4.69) is 10.4 Å². The number of hydrogen-bond donors (Lipinski definition) is 2. The number of aliphatic hydroxyl groups is 1. The topological polar surface area (TPSA) is 108 Å². The van der Waals surface area contributed by atoms with Gasteiger partial charge in [-0.25, -0.2) is 26.4 Å². The van der Waals surface area contributed by atoms with E-state index in [9.17, 15) is 31.5 Å². The summed E-state index contributed by atoms with van der Waals surface area (Å²) >= 11 is 0. The van der Waals surface area contributed by atoms with E-state index in [1.165, 1.54) is 11.1 Å². The average molecular weight is 445 g/mol. The van der Waals surface area contributed by atoms with Gasteiger partial charge in [-0.1, -0.05) is 0 Å². The zero-order chi connectivity index (χ0) is 21.8. The second-order valence-corrected chi connectivity index (χ2v) is 9.08. The predicted octanol–water partition coefficient (Wildman–Crippen LogP) is 1.25. The molecule has 2 aliphatic heterocycles. The maximum absolute atomic E-state index is 13.4. The minimum Gasteiger partial charge on any atom is -0.390 e. The Labute approximate surface area is 169 Å². The third kappa shape index (κ3) is 3.37. The van der Waals surface area contributed by atoms with Crippen molar-refractivity contribution in [2.24, 2.45) is 0 Å². The number of aliphatic hydroxyl groups excluding tert-OH is 1. The van der Waals surface area contributed by atoms with E-state index in [1.54, 1.807) is 11.6 Å². The van der Waals surface area contributed by atoms with Gasteiger partial charge in [0.1, 0.15) is 0 Å². The molecule has 2 atom stereocenters. The second kappa shape index (κ2) is 7.16. The van der Waals surface area contributed by atoms with E-state index in [-0.39, 0.29) is 31.0 Å². The fraction of sp³-hybridized carbons (Fsp3) is 0.412. The number of amides is 2. The fourth-order valence-corrected chi connectivity index (χ4v) is 5.60. The first-order valence-corrected chi connectivity index (χ1v) is 10.6. The van der Waals surface area contributed by atoms with E-state index in [4.69, 9.17) is 0 Å². The Morgan fingerprint density at radius 3 is 2.50 bits per heavy atom. The molecule has 3 heterocycles. The van der Waals surface area contributed by atoms with Gasteiger partial charge in [0.05, 0.1) is 48.6 Å². The largest absolute Gasteiger partial charge is 0.390 e. The lowest BCUT2D eigenvalue weighted by Crippen LogP contribution is -2.42. The number of benzene rings is 1. The van der Waals surface area contributed by atoms with Gasteiger partial charge in [0, 0.05) is 24.4 Å². The van der Waals surface area contributed by atoms with E-state index in [1.807, 2.05) is 0 Å². The van der Waals surface area contributed by atoms with Crippen LogP contribution in [0, 0.1) is 17.5 Å². The Balaban J connectivity index is 1.57. The van der Waals surface area contributed by atoms with Gasteiger partial charge in [-0.3, -0.25) is 8.99 Å². The lowest BCUT2D eigenvalue weighted by atomic mass is 10.2. The molecule has 1 saturated heterocycles. The standard InChI is InChI=1S/C17H18F3N5O4S/c1-9-15(26)8-30(28,29)25(9)13-6-21-24-3-2-23(7-14(13)24)17(27)22-10-4-11(18)16(20)12(19)5-10/h4-6,9,15,26H,2-3,7-8H2,1H3,(H,22,27). The van der Waals surface area contributed by atoms with Crippen LogP contribution in [0.2, 0.25) is 0 Å². The number of nitrogens with one attached hydrogen (secondary N) is 1. The molecule has 0 bridgehead atoms. The molecule has 1 aromatic carbocycles. The normalized spacial score (nSPS) is 22.8. The van der Waals surface area contributed by atoms with Gasteiger partial charge in [0.25, 0.3) is 0 Å². The number of urea groups is 1. The number of aromatic nitrogens is 2. The zero-order valence-electron chi connectivity index (χ0n) is 15.7. The molecule has 0 aliphatic carbocycles. The van der Waals surface area contributed by atoms with Gasteiger partial charge in [0.2, 0.25) is 10.0 Å². The summed E-state index contributed by atoms with van der Waals surface area (Å²) in [5.41, 5.74) is 0.447. The first-order chi connectivity index (χ1) is 14.1. The molecule has 4 rings (SSSR count). The Hall–Kier alpha value is -2.80. The number of halogens is 3. The number of anilines is 2. The molecule has 1 aromatic heterocycles. The van der Waals surface area contributed by atoms with E-state index < -0.39 is 51.4 Å². The third-order valence-electron chi connectivity index (χ3n) is 5.22. The van der Waals surface area contributed by atoms with Gasteiger partial charge in [-0.2, -0.15) is 5.10 Å². The molecule has 1 fully saturated rings. The molecule has 9 nitrogen and oxygen atoms in total. The third-order valence-corrected chi connectivity index (χ3v) is 7.11. The molecule has 2 N–H and O–H groups in total. The Kier molecular flexibility index (Phi) is 4.89. The smallest absolute Gasteiger partial charge is 0.322 e. The highest BCUT2D eigenvalue weighted by Crippen LogP contribution is 2.33. The van der Waals surface area contributed by atoms with Crippen molar-refractivity contribution in [3.63, 3.8) is 0 Å². The fourth-order valence-electron chi connectivity index (χ4n) is 3.63. The van der Waals surface area contributed by atoms with E-state index in [0.29, 0.717) is 17.8 Å². The number of fused-ring (bicyclic) bond motifs is 1. The Bertz CT molecular complexity index is 1100. The Morgan fingerprint density at radius 2 is 1.90 bits per heavy atom. The first-order valence-electron chi connectivity index (χ1n) is 9.04. The molecule has 162 valence electrons. The van der Waals surface area contributed by atoms with Crippen molar-refractivity contribution in [3.05, 3.63) is 41.5 Å². The minimum atomic E-state index is -3.75. The van der Waals surface area contributed by atoms with Crippen LogP contribution < -0.4 is 9.62 Å². The highest BCUT2D eigenvalue weighted by Gasteiger charge is 2.44. The molecule has 2 amide bonds. The van der Waals surface area contributed by atoms with Crippen molar-refractivity contribution in [2.75, 3.05) is 21.9 Å². The van der Waals surface area contributed by atoms with Crippen molar-refractivity contribution in [1.29, 1.82) is 0 Å². The van der Waals surface area contributed by atoms with E-state index >= 15 is 0 Å². The van der Waals surface area contributed by atoms with Crippen molar-refractivity contribution < 1.29 is 31.5 Å². The van der Waals surface area contributed by atoms with Crippen LogP contribution in [0.5, 0.6) is 0 Å². The van der Waals surface area contributed by atoms with Crippen molar-refractivity contribution >= 4 is 27.4 Å². The number of rotatable bonds is 2. The van der Waals surface area contributed by atoms with Crippen molar-refractivity contribution in [2.45, 2.75) is 32.2 Å². The van der Waals surface area contributed by atoms with Crippen LogP contribution in [0.15, 0.2) is 18.3 Å². The summed E-state index contributed by atoms with van der Waals surface area (Å²) in [5.74, 6) is -4.92. The summed E-state index contributed by atoms with van der Waals surface area (Å²) in [7, 11) is -3.75. The van der Waals surface area contributed by atoms with Gasteiger partial charge < -0.3 is 15.3 Å². The molecular formula is C17H18F3N5O4S. The average Bonchev–Trinajstić information content (AvgIpc) is 3.16. The number of sulfonamides is 1. The highest BCUT2D eigenvalue weighted by molar-refractivity contribution is 7.93. The molecular weight excluding hydrogens is 427 g/mol. The monoisotopic (exact) mass is 445 g/mol. The molecule has 0 radical (unpaired) electrons. The van der Waals surface area contributed by atoms with Crippen LogP contribution in [-0.4, -0.2) is 58.7 Å².